The van der Waals surface area contributed by atoms with Crippen molar-refractivity contribution in [3.8, 4) is 0 Å². The quantitative estimate of drug-likeness (QED) is 0.788. The number of thioether (sulfide) groups is 1. The highest BCUT2D eigenvalue weighted by Gasteiger charge is 2.19. The zero-order chi connectivity index (χ0) is 16.1. The fourth-order valence-corrected chi connectivity index (χ4v) is 3.30. The number of nitrogens with zero attached hydrogens (tertiary/aromatic N) is 1. The molecule has 0 saturated carbocycles. The molecular weight excluding hydrogens is 339 g/mol. The third-order valence-electron chi connectivity index (χ3n) is 3.09. The van der Waals surface area contributed by atoms with Gasteiger partial charge in [-0.3, -0.25) is 4.79 Å². The van der Waals surface area contributed by atoms with Gasteiger partial charge in [-0.2, -0.15) is 0 Å². The summed E-state index contributed by atoms with van der Waals surface area (Å²) in [7, 11) is 0. The van der Waals surface area contributed by atoms with Crippen molar-refractivity contribution in [3.63, 3.8) is 0 Å². The first kappa shape index (κ1) is 17.1. The number of hydrogen-bond donors (Lipinski definition) is 1. The van der Waals surface area contributed by atoms with Crippen LogP contribution in [-0.4, -0.2) is 16.1 Å². The minimum atomic E-state index is -0.247. The van der Waals surface area contributed by atoms with Crippen LogP contribution in [0.25, 0.3) is 0 Å². The molecule has 0 aliphatic carbocycles. The first-order chi connectivity index (χ1) is 10.5. The normalized spacial score (nSPS) is 13.5. The SMILES string of the molecule is CC(Sc1ccccn1)C(=O)NC(C)c1ccc(Cl)cc1Cl. The summed E-state index contributed by atoms with van der Waals surface area (Å²) in [6.45, 7) is 3.75. The summed E-state index contributed by atoms with van der Waals surface area (Å²) in [5, 5.41) is 4.66. The number of aromatic nitrogens is 1. The number of carbonyl (C=O) groups excluding carboxylic acids is 1. The van der Waals surface area contributed by atoms with Gasteiger partial charge in [-0.05, 0) is 43.7 Å². The van der Waals surface area contributed by atoms with Crippen LogP contribution in [-0.2, 0) is 4.79 Å². The van der Waals surface area contributed by atoms with E-state index in [0.717, 1.165) is 10.6 Å². The molecule has 2 rings (SSSR count). The summed E-state index contributed by atoms with van der Waals surface area (Å²) >= 11 is 13.5. The van der Waals surface area contributed by atoms with Crippen molar-refractivity contribution < 1.29 is 4.79 Å². The number of halogens is 2. The maximum atomic E-state index is 12.3. The Hall–Kier alpha value is -1.23. The second kappa shape index (κ2) is 7.86. The molecular formula is C16H16Cl2N2OS. The Bertz CT molecular complexity index is 652. The smallest absolute Gasteiger partial charge is 0.233 e. The molecule has 6 heteroatoms. The maximum absolute atomic E-state index is 12.3. The number of rotatable bonds is 5. The van der Waals surface area contributed by atoms with Crippen LogP contribution in [0.2, 0.25) is 10.0 Å². The molecule has 0 aliphatic heterocycles. The molecule has 1 amide bonds. The zero-order valence-corrected chi connectivity index (χ0v) is 14.5. The van der Waals surface area contributed by atoms with Crippen LogP contribution in [0.4, 0.5) is 0 Å². The summed E-state index contributed by atoms with van der Waals surface area (Å²) in [6.07, 6.45) is 1.71. The Morgan fingerprint density at radius 1 is 1.23 bits per heavy atom. The molecule has 2 atom stereocenters. The van der Waals surface area contributed by atoms with Gasteiger partial charge in [0.1, 0.15) is 0 Å². The molecule has 22 heavy (non-hydrogen) atoms. The van der Waals surface area contributed by atoms with Crippen LogP contribution in [0, 0.1) is 0 Å². The minimum Gasteiger partial charge on any atom is -0.349 e. The lowest BCUT2D eigenvalue weighted by Crippen LogP contribution is -2.33. The van der Waals surface area contributed by atoms with Gasteiger partial charge in [0, 0.05) is 16.2 Å². The molecule has 0 fully saturated rings. The van der Waals surface area contributed by atoms with E-state index in [4.69, 9.17) is 23.2 Å². The highest BCUT2D eigenvalue weighted by molar-refractivity contribution is 8.00. The molecule has 116 valence electrons. The molecule has 1 N–H and O–H groups in total. The van der Waals surface area contributed by atoms with Crippen molar-refractivity contribution in [1.29, 1.82) is 0 Å². The van der Waals surface area contributed by atoms with Crippen LogP contribution in [0.3, 0.4) is 0 Å². The predicted molar refractivity (Wildman–Crippen MR) is 92.6 cm³/mol. The standard InChI is InChI=1S/C16H16Cl2N2OS/c1-10(13-7-6-12(17)9-14(13)18)20-16(21)11(2)22-15-5-3-4-8-19-15/h3-11H,1-2H3,(H,20,21). The van der Waals surface area contributed by atoms with Gasteiger partial charge < -0.3 is 5.32 Å². The zero-order valence-electron chi connectivity index (χ0n) is 12.2. The summed E-state index contributed by atoms with van der Waals surface area (Å²) in [5.74, 6) is -0.0610. The Labute approximate surface area is 144 Å². The summed E-state index contributed by atoms with van der Waals surface area (Å²) < 4.78 is 0. The Morgan fingerprint density at radius 3 is 2.64 bits per heavy atom. The van der Waals surface area contributed by atoms with E-state index in [9.17, 15) is 4.79 Å². The van der Waals surface area contributed by atoms with Gasteiger partial charge in [-0.25, -0.2) is 4.98 Å². The number of nitrogens with one attached hydrogen (secondary N) is 1. The molecule has 1 heterocycles. The van der Waals surface area contributed by atoms with Crippen molar-refractivity contribution in [2.24, 2.45) is 0 Å². The topological polar surface area (TPSA) is 42.0 Å². The lowest BCUT2D eigenvalue weighted by molar-refractivity contribution is -0.120. The molecule has 0 spiro atoms. The van der Waals surface area contributed by atoms with Crippen molar-refractivity contribution in [1.82, 2.24) is 10.3 Å². The average Bonchev–Trinajstić information content (AvgIpc) is 2.47. The fourth-order valence-electron chi connectivity index (χ4n) is 1.91. The van der Waals surface area contributed by atoms with E-state index in [1.165, 1.54) is 11.8 Å². The maximum Gasteiger partial charge on any atom is 0.233 e. The third-order valence-corrected chi connectivity index (χ3v) is 4.71. The number of pyridine rings is 1. The van der Waals surface area contributed by atoms with Crippen molar-refractivity contribution in [2.45, 2.75) is 30.2 Å². The first-order valence-electron chi connectivity index (χ1n) is 6.80. The molecule has 3 nitrogen and oxygen atoms in total. The van der Waals surface area contributed by atoms with Crippen LogP contribution in [0.15, 0.2) is 47.6 Å². The van der Waals surface area contributed by atoms with Crippen LogP contribution >= 0.6 is 35.0 Å². The van der Waals surface area contributed by atoms with Gasteiger partial charge in [0.25, 0.3) is 0 Å². The van der Waals surface area contributed by atoms with Gasteiger partial charge in [0.15, 0.2) is 0 Å². The van der Waals surface area contributed by atoms with Crippen LogP contribution in [0.1, 0.15) is 25.5 Å². The second-order valence-corrected chi connectivity index (χ2v) is 7.03. The van der Waals surface area contributed by atoms with Crippen molar-refractivity contribution in [3.05, 3.63) is 58.2 Å². The average molecular weight is 355 g/mol. The van der Waals surface area contributed by atoms with E-state index in [1.807, 2.05) is 38.1 Å². The fraction of sp³-hybridized carbons (Fsp3) is 0.250. The van der Waals surface area contributed by atoms with Crippen LogP contribution in [0.5, 0.6) is 0 Å². The second-order valence-electron chi connectivity index (χ2n) is 4.82. The predicted octanol–water partition coefficient (Wildman–Crippen LogP) is 4.75. The molecule has 0 aliphatic rings. The lowest BCUT2D eigenvalue weighted by Gasteiger charge is -2.18. The van der Waals surface area contributed by atoms with Gasteiger partial charge in [0.2, 0.25) is 5.91 Å². The van der Waals surface area contributed by atoms with Gasteiger partial charge >= 0.3 is 0 Å². The van der Waals surface area contributed by atoms with E-state index < -0.39 is 0 Å². The van der Waals surface area contributed by atoms with E-state index in [2.05, 4.69) is 10.3 Å². The summed E-state index contributed by atoms with van der Waals surface area (Å²) in [6, 6.07) is 10.7. The van der Waals surface area contributed by atoms with E-state index in [0.29, 0.717) is 10.0 Å². The monoisotopic (exact) mass is 354 g/mol. The van der Waals surface area contributed by atoms with Gasteiger partial charge in [0.05, 0.1) is 16.3 Å². The van der Waals surface area contributed by atoms with E-state index in [-0.39, 0.29) is 17.2 Å². The van der Waals surface area contributed by atoms with Gasteiger partial charge in [-0.1, -0.05) is 47.1 Å². The number of hydrogen-bond acceptors (Lipinski definition) is 3. The molecule has 2 unspecified atom stereocenters. The van der Waals surface area contributed by atoms with Crippen molar-refractivity contribution >= 4 is 40.9 Å². The Kier molecular flexibility index (Phi) is 6.12. The number of carbonyl (C=O) groups is 1. The van der Waals surface area contributed by atoms with Crippen molar-refractivity contribution in [2.75, 3.05) is 0 Å². The van der Waals surface area contributed by atoms with Crippen LogP contribution < -0.4 is 5.32 Å². The third kappa shape index (κ3) is 4.63. The molecule has 2 aromatic rings. The Morgan fingerprint density at radius 2 is 2.00 bits per heavy atom. The number of benzene rings is 1. The molecule has 1 aromatic heterocycles. The largest absolute Gasteiger partial charge is 0.349 e. The highest BCUT2D eigenvalue weighted by atomic mass is 35.5. The summed E-state index contributed by atoms with van der Waals surface area (Å²) in [5.41, 5.74) is 0.842. The molecule has 0 radical (unpaired) electrons. The Balaban J connectivity index is 1.98. The van der Waals surface area contributed by atoms with E-state index in [1.54, 1.807) is 18.3 Å². The molecule has 0 saturated heterocycles. The van der Waals surface area contributed by atoms with E-state index >= 15 is 0 Å². The molecule has 1 aromatic carbocycles. The molecule has 0 bridgehead atoms. The highest BCUT2D eigenvalue weighted by Crippen LogP contribution is 2.27. The first-order valence-corrected chi connectivity index (χ1v) is 8.44. The minimum absolute atomic E-state index is 0.0610. The lowest BCUT2D eigenvalue weighted by atomic mass is 10.1. The summed E-state index contributed by atoms with van der Waals surface area (Å²) in [4.78, 5) is 16.5. The van der Waals surface area contributed by atoms with Gasteiger partial charge in [-0.15, -0.1) is 0 Å². The number of amides is 1.